The van der Waals surface area contributed by atoms with Gasteiger partial charge in [0.1, 0.15) is 10.8 Å². The monoisotopic (exact) mass is 281 g/mol. The molecule has 0 atom stereocenters. The van der Waals surface area contributed by atoms with Gasteiger partial charge in [-0.25, -0.2) is 0 Å². The summed E-state index contributed by atoms with van der Waals surface area (Å²) < 4.78 is 5.76. The minimum Gasteiger partial charge on any atom is -0.429 e. The summed E-state index contributed by atoms with van der Waals surface area (Å²) in [5.74, 6) is 0.830. The number of hydrogen-bond acceptors (Lipinski definition) is 6. The highest BCUT2D eigenvalue weighted by Crippen LogP contribution is 2.32. The third-order valence-corrected chi connectivity index (χ3v) is 3.82. The molecule has 1 aromatic carbocycles. The van der Waals surface area contributed by atoms with E-state index in [1.807, 2.05) is 30.5 Å². The topological polar surface area (TPSA) is 47.0 Å². The van der Waals surface area contributed by atoms with Crippen LogP contribution in [0.25, 0.3) is 0 Å². The maximum absolute atomic E-state index is 5.76. The fraction of sp³-hybridized carbons (Fsp3) is 0.333. The third kappa shape index (κ3) is 3.44. The molecular weight excluding hydrogens is 266 g/mol. The average Bonchev–Trinajstić information content (AvgIpc) is 2.84. The van der Waals surface area contributed by atoms with E-state index in [9.17, 15) is 0 Å². The summed E-state index contributed by atoms with van der Waals surface area (Å²) >= 11 is 3.13. The van der Waals surface area contributed by atoms with E-state index in [0.717, 1.165) is 28.7 Å². The second kappa shape index (κ2) is 6.72. The van der Waals surface area contributed by atoms with Gasteiger partial charge >= 0.3 is 0 Å². The number of ether oxygens (including phenoxy) is 1. The van der Waals surface area contributed by atoms with Gasteiger partial charge in [0.15, 0.2) is 0 Å². The molecule has 1 heterocycles. The highest BCUT2D eigenvalue weighted by atomic mass is 32.2. The van der Waals surface area contributed by atoms with Gasteiger partial charge in [0.2, 0.25) is 0 Å². The minimum absolute atomic E-state index is 0.587. The standard InChI is InChI=1S/C12H15N3OS2/c1-3-13-8-11-14-15-12(18-11)16-9-6-4-5-7-10(9)17-2/h4-7,13H,3,8H2,1-2H3. The molecule has 96 valence electrons. The maximum Gasteiger partial charge on any atom is 0.299 e. The van der Waals surface area contributed by atoms with Crippen LogP contribution < -0.4 is 10.1 Å². The second-order valence-electron chi connectivity index (χ2n) is 3.49. The van der Waals surface area contributed by atoms with Crippen LogP contribution >= 0.6 is 23.1 Å². The summed E-state index contributed by atoms with van der Waals surface area (Å²) in [5.41, 5.74) is 0. The molecule has 0 spiro atoms. The molecule has 0 aliphatic heterocycles. The van der Waals surface area contributed by atoms with Crippen LogP contribution in [0.5, 0.6) is 10.9 Å². The Kier molecular flexibility index (Phi) is 4.98. The summed E-state index contributed by atoms with van der Waals surface area (Å²) in [7, 11) is 0. The molecule has 2 aromatic rings. The zero-order valence-electron chi connectivity index (χ0n) is 10.3. The van der Waals surface area contributed by atoms with Crippen LogP contribution in [0.15, 0.2) is 29.2 Å². The lowest BCUT2D eigenvalue weighted by Crippen LogP contribution is -2.11. The van der Waals surface area contributed by atoms with Gasteiger partial charge in [-0.1, -0.05) is 35.5 Å². The number of para-hydroxylation sites is 1. The number of aromatic nitrogens is 2. The third-order valence-electron chi connectivity index (χ3n) is 2.24. The number of thioether (sulfide) groups is 1. The second-order valence-corrected chi connectivity index (χ2v) is 5.37. The van der Waals surface area contributed by atoms with Gasteiger partial charge in [0.25, 0.3) is 5.19 Å². The Morgan fingerprint density at radius 2 is 2.17 bits per heavy atom. The van der Waals surface area contributed by atoms with Gasteiger partial charge in [-0.3, -0.25) is 0 Å². The van der Waals surface area contributed by atoms with E-state index < -0.39 is 0 Å². The van der Waals surface area contributed by atoms with Crippen LogP contribution in [0, 0.1) is 0 Å². The Hall–Kier alpha value is -1.11. The highest BCUT2D eigenvalue weighted by molar-refractivity contribution is 7.98. The molecule has 18 heavy (non-hydrogen) atoms. The van der Waals surface area contributed by atoms with Crippen molar-refractivity contribution in [1.82, 2.24) is 15.5 Å². The predicted octanol–water partition coefficient (Wildman–Crippen LogP) is 3.16. The van der Waals surface area contributed by atoms with E-state index in [-0.39, 0.29) is 0 Å². The van der Waals surface area contributed by atoms with Crippen molar-refractivity contribution >= 4 is 23.1 Å². The minimum atomic E-state index is 0.587. The number of nitrogens with one attached hydrogen (secondary N) is 1. The number of benzene rings is 1. The van der Waals surface area contributed by atoms with Crippen molar-refractivity contribution < 1.29 is 4.74 Å². The van der Waals surface area contributed by atoms with Gasteiger partial charge in [-0.05, 0) is 24.9 Å². The summed E-state index contributed by atoms with van der Waals surface area (Å²) in [6.45, 7) is 3.72. The van der Waals surface area contributed by atoms with Gasteiger partial charge < -0.3 is 10.1 Å². The molecular formula is C12H15N3OS2. The molecule has 1 N–H and O–H groups in total. The van der Waals surface area contributed by atoms with E-state index in [1.165, 1.54) is 11.3 Å². The zero-order chi connectivity index (χ0) is 12.8. The van der Waals surface area contributed by atoms with Gasteiger partial charge in [0, 0.05) is 11.4 Å². The van der Waals surface area contributed by atoms with Crippen LogP contribution in [0.4, 0.5) is 0 Å². The van der Waals surface area contributed by atoms with Crippen LogP contribution in [0.1, 0.15) is 11.9 Å². The largest absolute Gasteiger partial charge is 0.429 e. The first-order valence-corrected chi connectivity index (χ1v) is 7.71. The fourth-order valence-electron chi connectivity index (χ4n) is 1.38. The molecule has 0 bridgehead atoms. The number of rotatable bonds is 6. The molecule has 6 heteroatoms. The molecule has 4 nitrogen and oxygen atoms in total. The fourth-order valence-corrected chi connectivity index (χ4v) is 2.58. The lowest BCUT2D eigenvalue weighted by molar-refractivity contribution is 0.462. The Balaban J connectivity index is 2.06. The first-order chi connectivity index (χ1) is 8.83. The number of hydrogen-bond donors (Lipinski definition) is 1. The van der Waals surface area contributed by atoms with E-state index in [1.54, 1.807) is 11.8 Å². The van der Waals surface area contributed by atoms with Gasteiger partial charge in [0.05, 0.1) is 0 Å². The smallest absolute Gasteiger partial charge is 0.299 e. The molecule has 0 unspecified atom stereocenters. The van der Waals surface area contributed by atoms with Crippen LogP contribution in [0.3, 0.4) is 0 Å². The quantitative estimate of drug-likeness (QED) is 0.824. The highest BCUT2D eigenvalue weighted by Gasteiger charge is 2.08. The first kappa shape index (κ1) is 13.3. The maximum atomic E-state index is 5.76. The normalized spacial score (nSPS) is 10.6. The molecule has 0 aliphatic carbocycles. The average molecular weight is 281 g/mol. The molecule has 0 radical (unpaired) electrons. The van der Waals surface area contributed by atoms with Crippen molar-refractivity contribution in [1.29, 1.82) is 0 Å². The molecule has 0 aliphatic rings. The summed E-state index contributed by atoms with van der Waals surface area (Å²) in [5, 5.41) is 12.9. The van der Waals surface area contributed by atoms with Crippen molar-refractivity contribution in [3.63, 3.8) is 0 Å². The molecule has 0 amide bonds. The molecule has 0 saturated heterocycles. The van der Waals surface area contributed by atoms with Crippen LogP contribution in [-0.2, 0) is 6.54 Å². The van der Waals surface area contributed by atoms with E-state index >= 15 is 0 Å². The Morgan fingerprint density at radius 1 is 1.33 bits per heavy atom. The summed E-state index contributed by atoms with van der Waals surface area (Å²) in [6, 6.07) is 7.92. The Labute approximate surface area is 115 Å². The van der Waals surface area contributed by atoms with Gasteiger partial charge in [-0.2, -0.15) is 0 Å². The number of nitrogens with zero attached hydrogens (tertiary/aromatic N) is 2. The Morgan fingerprint density at radius 3 is 2.94 bits per heavy atom. The predicted molar refractivity (Wildman–Crippen MR) is 75.6 cm³/mol. The molecule has 2 rings (SSSR count). The zero-order valence-corrected chi connectivity index (χ0v) is 12.0. The van der Waals surface area contributed by atoms with Crippen molar-refractivity contribution in [2.45, 2.75) is 18.4 Å². The van der Waals surface area contributed by atoms with Crippen molar-refractivity contribution in [3.05, 3.63) is 29.3 Å². The summed E-state index contributed by atoms with van der Waals surface area (Å²) in [6.07, 6.45) is 2.03. The molecule has 0 fully saturated rings. The van der Waals surface area contributed by atoms with Crippen LogP contribution in [-0.4, -0.2) is 23.0 Å². The summed E-state index contributed by atoms with van der Waals surface area (Å²) in [4.78, 5) is 1.10. The van der Waals surface area contributed by atoms with Crippen LogP contribution in [0.2, 0.25) is 0 Å². The van der Waals surface area contributed by atoms with E-state index in [0.29, 0.717) is 5.19 Å². The molecule has 0 saturated carbocycles. The Bertz CT molecular complexity index is 502. The van der Waals surface area contributed by atoms with Crippen molar-refractivity contribution in [3.8, 4) is 10.9 Å². The molecule has 1 aromatic heterocycles. The lowest BCUT2D eigenvalue weighted by Gasteiger charge is -2.05. The van der Waals surface area contributed by atoms with E-state index in [4.69, 9.17) is 4.74 Å². The van der Waals surface area contributed by atoms with E-state index in [2.05, 4.69) is 22.4 Å². The van der Waals surface area contributed by atoms with Gasteiger partial charge in [-0.15, -0.1) is 16.9 Å². The van der Waals surface area contributed by atoms with Crippen molar-refractivity contribution in [2.24, 2.45) is 0 Å². The SMILES string of the molecule is CCNCc1nnc(Oc2ccccc2SC)s1. The first-order valence-electron chi connectivity index (χ1n) is 5.67. The van der Waals surface area contributed by atoms with Crippen molar-refractivity contribution in [2.75, 3.05) is 12.8 Å². The lowest BCUT2D eigenvalue weighted by atomic mass is 10.3.